The van der Waals surface area contributed by atoms with E-state index in [9.17, 15) is 14.5 Å². The van der Waals surface area contributed by atoms with Gasteiger partial charge in [0.2, 0.25) is 0 Å². The normalized spacial score (nSPS) is 10.4. The zero-order valence-corrected chi connectivity index (χ0v) is 12.6. The summed E-state index contributed by atoms with van der Waals surface area (Å²) in [5.74, 6) is 1.14. The molecule has 2 aromatic carbocycles. The number of hydrogen-bond donors (Lipinski definition) is 2. The molecule has 0 unspecified atom stereocenters. The van der Waals surface area contributed by atoms with Gasteiger partial charge in [0, 0.05) is 34.8 Å². The summed E-state index contributed by atoms with van der Waals surface area (Å²) < 4.78 is 18.9. The Labute approximate surface area is 131 Å². The Morgan fingerprint density at radius 2 is 1.62 bits per heavy atom. The molecule has 0 radical (unpaired) electrons. The highest BCUT2D eigenvalue weighted by Gasteiger charge is 2.13. The van der Waals surface area contributed by atoms with Crippen LogP contribution in [0.4, 0.5) is 10.1 Å². The molecule has 0 aliphatic rings. The summed E-state index contributed by atoms with van der Waals surface area (Å²) in [6.07, 6.45) is 0. The standard InChI is InChI=1S/C14H12FNO3S2/c15-11-1-3-13(9(5-11)7-20)19-14-4-2-12(16(17)18)6-10(14)8-21/h1-6,20-21H,7-8H2. The van der Waals surface area contributed by atoms with Crippen molar-refractivity contribution in [2.24, 2.45) is 0 Å². The monoisotopic (exact) mass is 325 g/mol. The highest BCUT2D eigenvalue weighted by Crippen LogP contribution is 2.32. The van der Waals surface area contributed by atoms with Crippen LogP contribution in [0, 0.1) is 15.9 Å². The Morgan fingerprint density at radius 3 is 2.19 bits per heavy atom. The summed E-state index contributed by atoms with van der Waals surface area (Å²) in [4.78, 5) is 10.3. The predicted molar refractivity (Wildman–Crippen MR) is 85.0 cm³/mol. The van der Waals surface area contributed by atoms with Crippen LogP contribution in [0.15, 0.2) is 36.4 Å². The van der Waals surface area contributed by atoms with Gasteiger partial charge in [0.05, 0.1) is 4.92 Å². The molecule has 0 aromatic heterocycles. The van der Waals surface area contributed by atoms with Gasteiger partial charge in [0.15, 0.2) is 0 Å². The second-order valence-corrected chi connectivity index (χ2v) is 4.85. The summed E-state index contributed by atoms with van der Waals surface area (Å²) >= 11 is 8.28. The number of rotatable bonds is 5. The van der Waals surface area contributed by atoms with Crippen molar-refractivity contribution in [1.82, 2.24) is 0 Å². The number of benzene rings is 2. The first-order valence-electron chi connectivity index (χ1n) is 6.00. The molecule has 0 bridgehead atoms. The predicted octanol–water partition coefficient (Wildman–Crippen LogP) is 4.39. The first-order valence-corrected chi connectivity index (χ1v) is 7.27. The third-order valence-corrected chi connectivity index (χ3v) is 3.52. The molecule has 4 nitrogen and oxygen atoms in total. The van der Waals surface area contributed by atoms with Gasteiger partial charge in [-0.2, -0.15) is 25.3 Å². The first kappa shape index (κ1) is 15.7. The van der Waals surface area contributed by atoms with E-state index >= 15 is 0 Å². The van der Waals surface area contributed by atoms with Crippen molar-refractivity contribution < 1.29 is 14.1 Å². The summed E-state index contributed by atoms with van der Waals surface area (Å²) in [7, 11) is 0. The summed E-state index contributed by atoms with van der Waals surface area (Å²) in [5.41, 5.74) is 1.16. The van der Waals surface area contributed by atoms with E-state index in [0.29, 0.717) is 28.4 Å². The van der Waals surface area contributed by atoms with E-state index in [1.54, 1.807) is 0 Å². The molecule has 2 aromatic rings. The molecule has 7 heteroatoms. The second-order valence-electron chi connectivity index (χ2n) is 4.22. The van der Waals surface area contributed by atoms with Crippen LogP contribution in [-0.2, 0) is 11.5 Å². The van der Waals surface area contributed by atoms with Gasteiger partial charge in [-0.15, -0.1) is 0 Å². The van der Waals surface area contributed by atoms with Gasteiger partial charge in [-0.3, -0.25) is 10.1 Å². The Kier molecular flexibility index (Phi) is 5.08. The van der Waals surface area contributed by atoms with E-state index < -0.39 is 4.92 Å². The van der Waals surface area contributed by atoms with Crippen LogP contribution in [-0.4, -0.2) is 4.92 Å². The topological polar surface area (TPSA) is 52.4 Å². The average Bonchev–Trinajstić information content (AvgIpc) is 2.49. The second kappa shape index (κ2) is 6.82. The maximum Gasteiger partial charge on any atom is 0.270 e. The largest absolute Gasteiger partial charge is 0.457 e. The maximum absolute atomic E-state index is 13.2. The molecule has 0 aliphatic heterocycles. The summed E-state index contributed by atoms with van der Waals surface area (Å²) in [5, 5.41) is 10.8. The fourth-order valence-electron chi connectivity index (χ4n) is 1.79. The Morgan fingerprint density at radius 1 is 1.05 bits per heavy atom. The third-order valence-electron chi connectivity index (χ3n) is 2.84. The van der Waals surface area contributed by atoms with Gasteiger partial charge in [-0.05, 0) is 24.3 Å². The van der Waals surface area contributed by atoms with Gasteiger partial charge in [0.25, 0.3) is 5.69 Å². The number of non-ortho nitro benzene ring substituents is 1. The van der Waals surface area contributed by atoms with Crippen molar-refractivity contribution in [3.63, 3.8) is 0 Å². The lowest BCUT2D eigenvalue weighted by molar-refractivity contribution is -0.384. The van der Waals surface area contributed by atoms with E-state index in [1.807, 2.05) is 0 Å². The van der Waals surface area contributed by atoms with Gasteiger partial charge in [-0.1, -0.05) is 0 Å². The molecule has 0 spiro atoms. The van der Waals surface area contributed by atoms with E-state index in [0.717, 1.165) is 0 Å². The zero-order chi connectivity index (χ0) is 15.4. The minimum atomic E-state index is -0.478. The van der Waals surface area contributed by atoms with Crippen molar-refractivity contribution in [3.8, 4) is 11.5 Å². The van der Waals surface area contributed by atoms with Crippen molar-refractivity contribution in [1.29, 1.82) is 0 Å². The maximum atomic E-state index is 13.2. The highest BCUT2D eigenvalue weighted by molar-refractivity contribution is 7.79. The molecule has 0 N–H and O–H groups in total. The first-order chi connectivity index (χ1) is 10.0. The van der Waals surface area contributed by atoms with Crippen LogP contribution in [0.3, 0.4) is 0 Å². The number of nitro benzene ring substituents is 1. The van der Waals surface area contributed by atoms with Crippen LogP contribution >= 0.6 is 25.3 Å². The van der Waals surface area contributed by atoms with Crippen LogP contribution < -0.4 is 4.74 Å². The SMILES string of the molecule is O=[N+]([O-])c1ccc(Oc2ccc(F)cc2CS)c(CS)c1. The number of thiol groups is 2. The lowest BCUT2D eigenvalue weighted by atomic mass is 10.2. The molecule has 0 saturated heterocycles. The molecular formula is C14H12FNO3S2. The molecule has 0 amide bonds. The fraction of sp³-hybridized carbons (Fsp3) is 0.143. The van der Waals surface area contributed by atoms with Gasteiger partial charge in [-0.25, -0.2) is 4.39 Å². The third kappa shape index (κ3) is 3.68. The van der Waals surface area contributed by atoms with E-state index in [4.69, 9.17) is 4.74 Å². The van der Waals surface area contributed by atoms with Crippen molar-refractivity contribution in [3.05, 3.63) is 63.5 Å². The number of halogens is 1. The highest BCUT2D eigenvalue weighted by atomic mass is 32.1. The Bertz CT molecular complexity index is 679. The molecule has 2 rings (SSSR count). The van der Waals surface area contributed by atoms with E-state index in [2.05, 4.69) is 25.3 Å². The van der Waals surface area contributed by atoms with E-state index in [-0.39, 0.29) is 17.3 Å². The Balaban J connectivity index is 2.37. The van der Waals surface area contributed by atoms with Crippen molar-refractivity contribution >= 4 is 30.9 Å². The quantitative estimate of drug-likeness (QED) is 0.487. The van der Waals surface area contributed by atoms with Gasteiger partial charge >= 0.3 is 0 Å². The van der Waals surface area contributed by atoms with Gasteiger partial charge in [0.1, 0.15) is 17.3 Å². The molecular weight excluding hydrogens is 313 g/mol. The summed E-state index contributed by atoms with van der Waals surface area (Å²) in [6.45, 7) is 0. The molecule has 0 heterocycles. The van der Waals surface area contributed by atoms with Crippen molar-refractivity contribution in [2.45, 2.75) is 11.5 Å². The molecule has 0 aliphatic carbocycles. The molecule has 21 heavy (non-hydrogen) atoms. The number of ether oxygens (including phenoxy) is 1. The van der Waals surface area contributed by atoms with E-state index in [1.165, 1.54) is 36.4 Å². The number of nitro groups is 1. The van der Waals surface area contributed by atoms with Crippen LogP contribution in [0.5, 0.6) is 11.5 Å². The summed E-state index contributed by atoms with van der Waals surface area (Å²) in [6, 6.07) is 8.40. The molecule has 0 atom stereocenters. The minimum Gasteiger partial charge on any atom is -0.457 e. The number of nitrogens with zero attached hydrogens (tertiary/aromatic N) is 1. The van der Waals surface area contributed by atoms with Crippen LogP contribution in [0.1, 0.15) is 11.1 Å². The van der Waals surface area contributed by atoms with Crippen molar-refractivity contribution in [2.75, 3.05) is 0 Å². The van der Waals surface area contributed by atoms with Crippen LogP contribution in [0.25, 0.3) is 0 Å². The average molecular weight is 325 g/mol. The number of hydrogen-bond acceptors (Lipinski definition) is 5. The molecule has 0 fully saturated rings. The smallest absolute Gasteiger partial charge is 0.270 e. The zero-order valence-electron chi connectivity index (χ0n) is 10.8. The Hall–Kier alpha value is -1.73. The van der Waals surface area contributed by atoms with Crippen LogP contribution in [0.2, 0.25) is 0 Å². The lowest BCUT2D eigenvalue weighted by Gasteiger charge is -2.12. The fourth-order valence-corrected chi connectivity index (χ4v) is 2.29. The molecule has 0 saturated carbocycles. The minimum absolute atomic E-state index is 0.0278. The lowest BCUT2D eigenvalue weighted by Crippen LogP contribution is -1.96. The molecule has 110 valence electrons. The van der Waals surface area contributed by atoms with Gasteiger partial charge < -0.3 is 4.74 Å².